The Morgan fingerprint density at radius 3 is 2.30 bits per heavy atom. The topological polar surface area (TPSA) is 134 Å². The zero-order valence-electron chi connectivity index (χ0n) is 30.9. The summed E-state index contributed by atoms with van der Waals surface area (Å²) < 4.78 is 75.6. The van der Waals surface area contributed by atoms with Crippen LogP contribution in [0.5, 0.6) is 5.75 Å². The average Bonchev–Trinajstić information content (AvgIpc) is 3.20. The Kier molecular flexibility index (Phi) is 13.1. The molecule has 0 aliphatic carbocycles. The van der Waals surface area contributed by atoms with Crippen LogP contribution in [0.1, 0.15) is 28.4 Å². The summed E-state index contributed by atoms with van der Waals surface area (Å²) in [6.45, 7) is 5.26. The number of rotatable bonds is 15. The number of nitrogens with zero attached hydrogens (tertiary/aromatic N) is 3. The van der Waals surface area contributed by atoms with E-state index in [1.807, 2.05) is 42.0 Å². The molecule has 1 aliphatic rings. The Morgan fingerprint density at radius 2 is 1.61 bits per heavy atom. The predicted octanol–water partition coefficient (Wildman–Crippen LogP) is 8.32. The molecule has 0 aromatic heterocycles. The van der Waals surface area contributed by atoms with Gasteiger partial charge in [-0.05, 0) is 102 Å². The maximum absolute atomic E-state index is 13.9. The lowest BCUT2D eigenvalue weighted by atomic mass is 9.98. The van der Waals surface area contributed by atoms with Gasteiger partial charge in [-0.15, -0.1) is 11.8 Å². The molecule has 0 radical (unpaired) electrons. The van der Waals surface area contributed by atoms with Gasteiger partial charge in [0.15, 0.2) is 0 Å². The van der Waals surface area contributed by atoms with Crippen molar-refractivity contribution in [2.24, 2.45) is 0 Å². The smallest absolute Gasteiger partial charge is 0.416 e. The molecule has 298 valence electrons. The maximum Gasteiger partial charge on any atom is 0.416 e. The highest BCUT2D eigenvalue weighted by molar-refractivity contribution is 7.99. The molecule has 2 N–H and O–H groups in total. The highest BCUT2D eigenvalue weighted by atomic mass is 32.2. The monoisotopic (exact) mass is 819 g/mol. The molecule has 11 nitrogen and oxygen atoms in total. The molecule has 5 aromatic carbocycles. The Hall–Kier alpha value is -5.58. The third kappa shape index (κ3) is 10.8. The number of nitro groups is 1. The summed E-state index contributed by atoms with van der Waals surface area (Å²) in [5.74, 6) is 0.290. The summed E-state index contributed by atoms with van der Waals surface area (Å²) >= 11 is 1.56. The van der Waals surface area contributed by atoms with Crippen LogP contribution >= 0.6 is 11.8 Å². The normalized spacial score (nSPS) is 13.6. The van der Waals surface area contributed by atoms with Gasteiger partial charge >= 0.3 is 6.18 Å². The van der Waals surface area contributed by atoms with E-state index in [-0.39, 0.29) is 11.3 Å². The number of sulfonamides is 1. The second kappa shape index (κ2) is 18.1. The summed E-state index contributed by atoms with van der Waals surface area (Å²) in [6, 6.07) is 30.5. The van der Waals surface area contributed by atoms with Crippen molar-refractivity contribution < 1.29 is 36.0 Å². The molecule has 0 spiro atoms. The Bertz CT molecular complexity index is 2300. The van der Waals surface area contributed by atoms with Gasteiger partial charge in [-0.1, -0.05) is 30.3 Å². The van der Waals surface area contributed by atoms with Crippen LogP contribution in [0.15, 0.2) is 125 Å². The molecule has 1 aliphatic heterocycles. The number of piperazine rings is 1. The lowest BCUT2D eigenvalue weighted by molar-refractivity contribution is -0.384. The molecule has 1 fully saturated rings. The number of hydrogen-bond acceptors (Lipinski definition) is 10. The van der Waals surface area contributed by atoms with Crippen LogP contribution in [-0.4, -0.2) is 69.2 Å². The summed E-state index contributed by atoms with van der Waals surface area (Å²) in [4.78, 5) is 28.9. The van der Waals surface area contributed by atoms with E-state index in [2.05, 4.69) is 15.1 Å². The Balaban J connectivity index is 1.04. The van der Waals surface area contributed by atoms with E-state index in [1.165, 1.54) is 30.3 Å². The lowest BCUT2D eigenvalue weighted by Crippen LogP contribution is -2.46. The first-order valence-corrected chi connectivity index (χ1v) is 20.5. The van der Waals surface area contributed by atoms with E-state index in [1.54, 1.807) is 54.2 Å². The van der Waals surface area contributed by atoms with Crippen LogP contribution in [-0.2, 0) is 22.7 Å². The number of alkyl halides is 3. The van der Waals surface area contributed by atoms with Crippen molar-refractivity contribution in [2.75, 3.05) is 55.3 Å². The maximum atomic E-state index is 13.9. The minimum absolute atomic E-state index is 0.0665. The second-order valence-corrected chi connectivity index (χ2v) is 16.0. The standard InChI is InChI=1S/C41H40F3N5O6S2/c1-2-55-35-8-6-7-31(26-35)32-23-29(24-33(25-32)41(42,43)44)28-47-18-20-48(21-19-47)34-13-11-30(12-14-34)40(50)46-57(53,54)37-15-16-38(39(27-37)49(51)52)45-17-22-56-36-9-4-3-5-10-36/h3-16,23-27,45H,2,17-22,28H2,1H3,(H,46,50). The summed E-state index contributed by atoms with van der Waals surface area (Å²) in [5.41, 5.74) is 1.46. The Labute approximate surface area is 333 Å². The van der Waals surface area contributed by atoms with E-state index >= 15 is 0 Å². The van der Waals surface area contributed by atoms with Gasteiger partial charge in [-0.2, -0.15) is 13.2 Å². The van der Waals surface area contributed by atoms with Crippen molar-refractivity contribution in [3.8, 4) is 16.9 Å². The highest BCUT2D eigenvalue weighted by Gasteiger charge is 2.32. The van der Waals surface area contributed by atoms with Crippen molar-refractivity contribution in [1.82, 2.24) is 9.62 Å². The largest absolute Gasteiger partial charge is 0.494 e. The summed E-state index contributed by atoms with van der Waals surface area (Å²) in [5, 5.41) is 14.8. The van der Waals surface area contributed by atoms with Crippen LogP contribution in [0, 0.1) is 10.1 Å². The fourth-order valence-electron chi connectivity index (χ4n) is 6.38. The number of anilines is 2. The van der Waals surface area contributed by atoms with Crippen molar-refractivity contribution >= 4 is 44.8 Å². The number of benzene rings is 5. The van der Waals surface area contributed by atoms with Crippen molar-refractivity contribution in [1.29, 1.82) is 0 Å². The third-order valence-electron chi connectivity index (χ3n) is 9.20. The first-order valence-electron chi connectivity index (χ1n) is 18.1. The zero-order chi connectivity index (χ0) is 40.6. The van der Waals surface area contributed by atoms with Crippen molar-refractivity contribution in [2.45, 2.75) is 29.4 Å². The van der Waals surface area contributed by atoms with Gasteiger partial charge in [0.25, 0.3) is 21.6 Å². The number of amides is 1. The number of hydrogen-bond donors (Lipinski definition) is 2. The molecule has 16 heteroatoms. The molecular formula is C41H40F3N5O6S2. The quantitative estimate of drug-likeness (QED) is 0.0460. The first-order chi connectivity index (χ1) is 27.3. The molecule has 5 aromatic rings. The van der Waals surface area contributed by atoms with Crippen LogP contribution in [0.2, 0.25) is 0 Å². The number of thioether (sulfide) groups is 1. The van der Waals surface area contributed by atoms with E-state index in [0.717, 1.165) is 22.7 Å². The van der Waals surface area contributed by atoms with Gasteiger partial charge in [-0.3, -0.25) is 19.8 Å². The third-order valence-corrected chi connectivity index (χ3v) is 11.5. The molecule has 0 unspecified atom stereocenters. The lowest BCUT2D eigenvalue weighted by Gasteiger charge is -2.36. The number of carbonyl (C=O) groups is 1. The molecule has 0 saturated carbocycles. The van der Waals surface area contributed by atoms with E-state index in [9.17, 15) is 36.5 Å². The van der Waals surface area contributed by atoms with Gasteiger partial charge in [-0.25, -0.2) is 13.1 Å². The van der Waals surface area contributed by atoms with Crippen LogP contribution in [0.3, 0.4) is 0 Å². The van der Waals surface area contributed by atoms with Gasteiger partial charge in [0.2, 0.25) is 0 Å². The Morgan fingerprint density at radius 1 is 0.877 bits per heavy atom. The molecule has 1 heterocycles. The minimum atomic E-state index is -4.51. The number of halogens is 3. The van der Waals surface area contributed by atoms with Gasteiger partial charge < -0.3 is 15.0 Å². The molecule has 1 amide bonds. The van der Waals surface area contributed by atoms with E-state index in [0.29, 0.717) is 74.1 Å². The van der Waals surface area contributed by atoms with Crippen LogP contribution in [0.25, 0.3) is 11.1 Å². The molecule has 6 rings (SSSR count). The molecule has 0 atom stereocenters. The molecular weight excluding hydrogens is 780 g/mol. The van der Waals surface area contributed by atoms with Crippen LogP contribution < -0.4 is 19.7 Å². The summed E-state index contributed by atoms with van der Waals surface area (Å²) in [6.07, 6.45) is -4.51. The van der Waals surface area contributed by atoms with E-state index in [4.69, 9.17) is 4.74 Å². The minimum Gasteiger partial charge on any atom is -0.494 e. The number of carbonyl (C=O) groups excluding carboxylic acids is 1. The van der Waals surface area contributed by atoms with Gasteiger partial charge in [0.1, 0.15) is 11.4 Å². The van der Waals surface area contributed by atoms with Crippen LogP contribution in [0.4, 0.5) is 30.2 Å². The SMILES string of the molecule is CCOc1cccc(-c2cc(CN3CCN(c4ccc(C(=O)NS(=O)(=O)c5ccc(NCCSc6ccccc6)c([N+](=O)[O-])c5)cc4)CC3)cc(C(F)(F)F)c2)c1. The molecule has 0 bridgehead atoms. The second-order valence-electron chi connectivity index (χ2n) is 13.1. The first kappa shape index (κ1) is 41.1. The molecule has 1 saturated heterocycles. The zero-order valence-corrected chi connectivity index (χ0v) is 32.5. The fourth-order valence-corrected chi connectivity index (χ4v) is 8.17. The number of nitro benzene ring substituents is 1. The number of ether oxygens (including phenoxy) is 1. The predicted molar refractivity (Wildman–Crippen MR) is 215 cm³/mol. The van der Waals surface area contributed by atoms with Crippen molar-refractivity contribution in [3.05, 3.63) is 142 Å². The fraction of sp³-hybridized carbons (Fsp3) is 0.244. The highest BCUT2D eigenvalue weighted by Crippen LogP contribution is 2.35. The van der Waals surface area contributed by atoms with Gasteiger partial charge in [0, 0.05) is 67.2 Å². The summed E-state index contributed by atoms with van der Waals surface area (Å²) in [7, 11) is -4.46. The van der Waals surface area contributed by atoms with Crippen molar-refractivity contribution in [3.63, 3.8) is 0 Å². The van der Waals surface area contributed by atoms with E-state index < -0.39 is 43.2 Å². The molecule has 57 heavy (non-hydrogen) atoms. The van der Waals surface area contributed by atoms with Gasteiger partial charge in [0.05, 0.1) is 22.0 Å². The number of nitrogens with one attached hydrogen (secondary N) is 2. The average molecular weight is 820 g/mol.